The number of nitrogens with one attached hydrogen (secondary N) is 1. The van der Waals surface area contributed by atoms with Crippen LogP contribution in [0.4, 0.5) is 0 Å². The fourth-order valence-corrected chi connectivity index (χ4v) is 0.733. The van der Waals surface area contributed by atoms with Crippen molar-refractivity contribution in [1.29, 1.82) is 0 Å². The Morgan fingerprint density at radius 1 is 1.62 bits per heavy atom. The average molecular weight is 138 g/mol. The maximum absolute atomic E-state index is 10.1. The summed E-state index contributed by atoms with van der Waals surface area (Å²) >= 11 is 0. The lowest BCUT2D eigenvalue weighted by Gasteiger charge is -1.95. The normalized spacial score (nSPS) is 11.8. The minimum atomic E-state index is -3.44. The highest BCUT2D eigenvalue weighted by atomic mass is 32.2. The quantitative estimate of drug-likeness (QED) is 0.535. The van der Waals surface area contributed by atoms with Crippen LogP contribution < -0.4 is 9.86 Å². The lowest BCUT2D eigenvalue weighted by atomic mass is 10.5. The van der Waals surface area contributed by atoms with Gasteiger partial charge in [0.2, 0.25) is 0 Å². The molecule has 5 heteroatoms. The third-order valence-electron chi connectivity index (χ3n) is 0.553. The van der Waals surface area contributed by atoms with E-state index in [0.717, 1.165) is 6.42 Å². The van der Waals surface area contributed by atoms with E-state index in [1.807, 2.05) is 6.92 Å². The van der Waals surface area contributed by atoms with E-state index in [1.165, 1.54) is 0 Å². The van der Waals surface area contributed by atoms with Crippen LogP contribution in [0.3, 0.4) is 0 Å². The zero-order chi connectivity index (χ0) is 6.62. The summed E-state index contributed by atoms with van der Waals surface area (Å²) in [6.45, 7) is 2.27. The van der Waals surface area contributed by atoms with Gasteiger partial charge in [-0.05, 0) is 6.42 Å². The largest absolute Gasteiger partial charge is 0.274 e. The van der Waals surface area contributed by atoms with Crippen molar-refractivity contribution in [3.63, 3.8) is 0 Å². The highest BCUT2D eigenvalue weighted by Gasteiger charge is 1.95. The molecule has 0 aliphatic heterocycles. The molecule has 0 radical (unpaired) electrons. The fraction of sp³-hybridized carbons (Fsp3) is 1.00. The maximum Gasteiger partial charge on any atom is 0.274 e. The zero-order valence-electron chi connectivity index (χ0n) is 4.72. The van der Waals surface area contributed by atoms with Gasteiger partial charge in [0.05, 0.1) is 0 Å². The van der Waals surface area contributed by atoms with Gasteiger partial charge in [0, 0.05) is 6.54 Å². The molecule has 4 nitrogen and oxygen atoms in total. The molecule has 0 aromatic heterocycles. The Balaban J connectivity index is 3.42. The van der Waals surface area contributed by atoms with Gasteiger partial charge in [-0.25, -0.2) is 9.86 Å². The summed E-state index contributed by atoms with van der Waals surface area (Å²) in [6.07, 6.45) is 0.760. The van der Waals surface area contributed by atoms with Crippen LogP contribution in [0.5, 0.6) is 0 Å². The molecule has 0 heterocycles. The van der Waals surface area contributed by atoms with Crippen LogP contribution in [-0.4, -0.2) is 15.0 Å². The molecule has 0 amide bonds. The molecule has 0 aromatic carbocycles. The van der Waals surface area contributed by atoms with Gasteiger partial charge in [-0.1, -0.05) is 6.92 Å². The predicted molar refractivity (Wildman–Crippen MR) is 31.4 cm³/mol. The van der Waals surface area contributed by atoms with Crippen LogP contribution in [-0.2, 0) is 10.2 Å². The summed E-state index contributed by atoms with van der Waals surface area (Å²) in [7, 11) is -3.44. The van der Waals surface area contributed by atoms with E-state index in [4.69, 9.17) is 0 Å². The van der Waals surface area contributed by atoms with Gasteiger partial charge in [0.1, 0.15) is 0 Å². The van der Waals surface area contributed by atoms with Crippen LogP contribution >= 0.6 is 0 Å². The second-order valence-corrected chi connectivity index (χ2v) is 2.82. The Labute approximate surface area is 49.3 Å². The molecule has 50 valence electrons. The van der Waals surface area contributed by atoms with Gasteiger partial charge in [0.25, 0.3) is 10.2 Å². The van der Waals surface area contributed by atoms with E-state index in [1.54, 1.807) is 0 Å². The van der Waals surface area contributed by atoms with Crippen LogP contribution in [0.15, 0.2) is 0 Å². The standard InChI is InChI=1S/C3H10N2O2S/c1-2-3-5-8(4,6)7/h5H,2-3H2,1H3,(H2,4,6,7). The van der Waals surface area contributed by atoms with E-state index < -0.39 is 10.2 Å². The number of hydrogen-bond donors (Lipinski definition) is 2. The molecule has 0 saturated carbocycles. The van der Waals surface area contributed by atoms with Crippen LogP contribution in [0.1, 0.15) is 13.3 Å². The molecule has 0 spiro atoms. The first-order valence-electron chi connectivity index (χ1n) is 2.33. The number of rotatable bonds is 3. The van der Waals surface area contributed by atoms with Crippen molar-refractivity contribution >= 4 is 10.2 Å². The highest BCUT2D eigenvalue weighted by Crippen LogP contribution is 1.71. The summed E-state index contributed by atoms with van der Waals surface area (Å²) < 4.78 is 22.2. The molecule has 0 aliphatic carbocycles. The van der Waals surface area contributed by atoms with Gasteiger partial charge >= 0.3 is 0 Å². The molecule has 3 N–H and O–H groups in total. The molecule has 0 fully saturated rings. The SMILES string of the molecule is CCCNS(N)(=O)=O. The van der Waals surface area contributed by atoms with Crippen molar-refractivity contribution in [1.82, 2.24) is 4.72 Å². The Kier molecular flexibility index (Phi) is 2.96. The maximum atomic E-state index is 10.1. The minimum Gasteiger partial charge on any atom is -0.216 e. The Morgan fingerprint density at radius 3 is 2.25 bits per heavy atom. The van der Waals surface area contributed by atoms with Gasteiger partial charge in [-0.2, -0.15) is 8.42 Å². The molecule has 0 saturated heterocycles. The molecular formula is C3H10N2O2S. The Morgan fingerprint density at radius 2 is 2.12 bits per heavy atom. The van der Waals surface area contributed by atoms with Gasteiger partial charge in [0.15, 0.2) is 0 Å². The Hall–Kier alpha value is -0.130. The topological polar surface area (TPSA) is 72.2 Å². The molecular weight excluding hydrogens is 128 g/mol. The summed E-state index contributed by atoms with van der Waals surface area (Å²) in [5, 5.41) is 4.58. The highest BCUT2D eigenvalue weighted by molar-refractivity contribution is 7.87. The van der Waals surface area contributed by atoms with Gasteiger partial charge in [-0.3, -0.25) is 0 Å². The second kappa shape index (κ2) is 3.01. The average Bonchev–Trinajstić information content (AvgIpc) is 1.59. The predicted octanol–water partition coefficient (Wildman–Crippen LogP) is -0.810. The number of hydrogen-bond acceptors (Lipinski definition) is 2. The van der Waals surface area contributed by atoms with Crippen molar-refractivity contribution in [3.8, 4) is 0 Å². The molecule has 0 aliphatic rings. The monoisotopic (exact) mass is 138 g/mol. The van der Waals surface area contributed by atoms with Crippen LogP contribution in [0.2, 0.25) is 0 Å². The Bertz CT molecular complexity index is 139. The second-order valence-electron chi connectivity index (χ2n) is 1.44. The first-order chi connectivity index (χ1) is 3.56. The minimum absolute atomic E-state index is 0.416. The van der Waals surface area contributed by atoms with E-state index in [0.29, 0.717) is 6.54 Å². The lowest BCUT2D eigenvalue weighted by molar-refractivity contribution is 0.582. The van der Waals surface area contributed by atoms with Crippen molar-refractivity contribution < 1.29 is 8.42 Å². The van der Waals surface area contributed by atoms with Gasteiger partial charge < -0.3 is 0 Å². The summed E-state index contributed by atoms with van der Waals surface area (Å²) in [4.78, 5) is 0. The van der Waals surface area contributed by atoms with E-state index in [9.17, 15) is 8.42 Å². The first kappa shape index (κ1) is 7.87. The summed E-state index contributed by atoms with van der Waals surface area (Å²) in [6, 6.07) is 0. The zero-order valence-corrected chi connectivity index (χ0v) is 5.53. The first-order valence-corrected chi connectivity index (χ1v) is 3.88. The van der Waals surface area contributed by atoms with E-state index in [2.05, 4.69) is 9.86 Å². The third-order valence-corrected chi connectivity index (χ3v) is 1.16. The van der Waals surface area contributed by atoms with Crippen molar-refractivity contribution in [3.05, 3.63) is 0 Å². The number of nitrogens with two attached hydrogens (primary N) is 1. The van der Waals surface area contributed by atoms with Crippen molar-refractivity contribution in [2.45, 2.75) is 13.3 Å². The van der Waals surface area contributed by atoms with Crippen molar-refractivity contribution in [2.75, 3.05) is 6.54 Å². The van der Waals surface area contributed by atoms with Crippen LogP contribution in [0.25, 0.3) is 0 Å². The molecule has 0 aromatic rings. The third kappa shape index (κ3) is 5.87. The summed E-state index contributed by atoms with van der Waals surface area (Å²) in [5.41, 5.74) is 0. The molecule has 0 rings (SSSR count). The van der Waals surface area contributed by atoms with E-state index in [-0.39, 0.29) is 0 Å². The van der Waals surface area contributed by atoms with Crippen LogP contribution in [0, 0.1) is 0 Å². The van der Waals surface area contributed by atoms with Gasteiger partial charge in [-0.15, -0.1) is 0 Å². The molecule has 0 bridgehead atoms. The molecule has 0 unspecified atom stereocenters. The lowest BCUT2D eigenvalue weighted by Crippen LogP contribution is -2.31. The fourth-order valence-electron chi connectivity index (χ4n) is 0.244. The smallest absolute Gasteiger partial charge is 0.216 e. The van der Waals surface area contributed by atoms with Crippen molar-refractivity contribution in [2.24, 2.45) is 5.14 Å². The van der Waals surface area contributed by atoms with E-state index >= 15 is 0 Å². The summed E-state index contributed by atoms with van der Waals surface area (Å²) in [5.74, 6) is 0. The molecule has 0 atom stereocenters. The molecule has 8 heavy (non-hydrogen) atoms.